The molecule has 0 saturated heterocycles. The summed E-state index contributed by atoms with van der Waals surface area (Å²) in [4.78, 5) is 21.3. The number of aromatic nitrogens is 5. The summed E-state index contributed by atoms with van der Waals surface area (Å²) in [5.41, 5.74) is 1.01. The van der Waals surface area contributed by atoms with Gasteiger partial charge in [-0.1, -0.05) is 6.92 Å². The Labute approximate surface area is 128 Å². The number of nitrogens with zero attached hydrogens (tertiary/aromatic N) is 5. The van der Waals surface area contributed by atoms with Crippen LogP contribution in [0.4, 0.5) is 5.95 Å². The second-order valence-corrected chi connectivity index (χ2v) is 5.16. The van der Waals surface area contributed by atoms with E-state index in [0.29, 0.717) is 28.9 Å². The van der Waals surface area contributed by atoms with Crippen LogP contribution >= 0.6 is 11.8 Å². The highest BCUT2D eigenvalue weighted by molar-refractivity contribution is 7.99. The molecule has 112 valence electrons. The van der Waals surface area contributed by atoms with Crippen LogP contribution in [0, 0.1) is 6.92 Å². The molecule has 0 bridgehead atoms. The fraction of sp³-hybridized carbons (Fsp3) is 0.462. The van der Waals surface area contributed by atoms with Crippen molar-refractivity contribution in [2.75, 3.05) is 18.5 Å². The first kappa shape index (κ1) is 15.4. The molecule has 2 aromatic heterocycles. The Balaban J connectivity index is 2.19. The van der Waals surface area contributed by atoms with Crippen molar-refractivity contribution in [3.8, 4) is 6.01 Å². The summed E-state index contributed by atoms with van der Waals surface area (Å²) in [5.74, 6) is 0.505. The molecule has 21 heavy (non-hydrogen) atoms. The molecule has 7 nitrogen and oxygen atoms in total. The molecule has 2 aromatic rings. The molecule has 0 saturated carbocycles. The van der Waals surface area contributed by atoms with Crippen molar-refractivity contribution in [1.29, 1.82) is 0 Å². The lowest BCUT2D eigenvalue weighted by Crippen LogP contribution is -2.08. The van der Waals surface area contributed by atoms with Crippen molar-refractivity contribution in [3.05, 3.63) is 18.0 Å². The summed E-state index contributed by atoms with van der Waals surface area (Å²) in [6.45, 7) is 7.20. The highest BCUT2D eigenvalue weighted by Gasteiger charge is 2.10. The Hall–Kier alpha value is -1.96. The van der Waals surface area contributed by atoms with E-state index in [2.05, 4.69) is 37.2 Å². The number of anilines is 1. The average Bonchev–Trinajstić information content (AvgIpc) is 2.48. The topological polar surface area (TPSA) is 85.7 Å². The van der Waals surface area contributed by atoms with E-state index in [4.69, 9.17) is 4.74 Å². The zero-order chi connectivity index (χ0) is 15.1. The van der Waals surface area contributed by atoms with E-state index >= 15 is 0 Å². The zero-order valence-electron chi connectivity index (χ0n) is 12.3. The Morgan fingerprint density at radius 3 is 2.52 bits per heavy atom. The van der Waals surface area contributed by atoms with Gasteiger partial charge in [-0.3, -0.25) is 0 Å². The second-order valence-electron chi connectivity index (χ2n) is 4.23. The first-order valence-electron chi connectivity index (χ1n) is 6.80. The van der Waals surface area contributed by atoms with E-state index in [1.165, 1.54) is 11.8 Å². The molecule has 2 rings (SSSR count). The molecule has 0 fully saturated rings. The van der Waals surface area contributed by atoms with Crippen molar-refractivity contribution >= 4 is 17.7 Å². The van der Waals surface area contributed by atoms with Crippen molar-refractivity contribution in [2.24, 2.45) is 0 Å². The van der Waals surface area contributed by atoms with Gasteiger partial charge in [0.05, 0.1) is 6.61 Å². The Morgan fingerprint density at radius 2 is 1.86 bits per heavy atom. The SMILES string of the molecule is CCCNc1nc(OCC)nc(Sc2ncc(C)cn2)n1. The highest BCUT2D eigenvalue weighted by Crippen LogP contribution is 2.23. The first-order chi connectivity index (χ1) is 10.2. The maximum Gasteiger partial charge on any atom is 0.322 e. The van der Waals surface area contributed by atoms with Gasteiger partial charge in [-0.05, 0) is 37.6 Å². The van der Waals surface area contributed by atoms with Crippen LogP contribution in [0.3, 0.4) is 0 Å². The normalized spacial score (nSPS) is 10.4. The van der Waals surface area contributed by atoms with Crippen molar-refractivity contribution in [3.63, 3.8) is 0 Å². The van der Waals surface area contributed by atoms with Gasteiger partial charge in [-0.15, -0.1) is 0 Å². The molecule has 0 atom stereocenters. The quantitative estimate of drug-likeness (QED) is 0.780. The van der Waals surface area contributed by atoms with Crippen LogP contribution in [0.2, 0.25) is 0 Å². The van der Waals surface area contributed by atoms with Crippen molar-refractivity contribution < 1.29 is 4.74 Å². The Kier molecular flexibility index (Phi) is 5.68. The van der Waals surface area contributed by atoms with E-state index < -0.39 is 0 Å². The zero-order valence-corrected chi connectivity index (χ0v) is 13.1. The van der Waals surface area contributed by atoms with Crippen LogP contribution in [0.5, 0.6) is 6.01 Å². The Bertz CT molecular complexity index is 577. The third-order valence-electron chi connectivity index (χ3n) is 2.34. The van der Waals surface area contributed by atoms with Crippen LogP contribution in [-0.2, 0) is 0 Å². The van der Waals surface area contributed by atoms with Crippen LogP contribution < -0.4 is 10.1 Å². The fourth-order valence-corrected chi connectivity index (χ4v) is 2.04. The summed E-state index contributed by atoms with van der Waals surface area (Å²) in [6, 6.07) is 0.306. The molecule has 0 aliphatic carbocycles. The van der Waals surface area contributed by atoms with Gasteiger partial charge in [0, 0.05) is 18.9 Å². The van der Waals surface area contributed by atoms with Crippen molar-refractivity contribution in [2.45, 2.75) is 37.5 Å². The summed E-state index contributed by atoms with van der Waals surface area (Å²) < 4.78 is 5.37. The number of rotatable bonds is 7. The van der Waals surface area contributed by atoms with Gasteiger partial charge in [0.25, 0.3) is 0 Å². The smallest absolute Gasteiger partial charge is 0.322 e. The lowest BCUT2D eigenvalue weighted by Gasteiger charge is -2.07. The predicted molar refractivity (Wildman–Crippen MR) is 80.7 cm³/mol. The number of hydrogen-bond donors (Lipinski definition) is 1. The fourth-order valence-electron chi connectivity index (χ4n) is 1.41. The highest BCUT2D eigenvalue weighted by atomic mass is 32.2. The first-order valence-corrected chi connectivity index (χ1v) is 7.62. The molecule has 0 aromatic carbocycles. The lowest BCUT2D eigenvalue weighted by atomic mass is 10.4. The third-order valence-corrected chi connectivity index (χ3v) is 3.10. The second kappa shape index (κ2) is 7.72. The van der Waals surface area contributed by atoms with Gasteiger partial charge in [-0.25, -0.2) is 9.97 Å². The molecule has 0 radical (unpaired) electrons. The molecule has 1 N–H and O–H groups in total. The minimum absolute atomic E-state index is 0.306. The molecular weight excluding hydrogens is 288 g/mol. The molecule has 0 aliphatic rings. The van der Waals surface area contributed by atoms with E-state index in [9.17, 15) is 0 Å². The van der Waals surface area contributed by atoms with Gasteiger partial charge in [0.15, 0.2) is 5.16 Å². The van der Waals surface area contributed by atoms with E-state index in [-0.39, 0.29) is 0 Å². The summed E-state index contributed by atoms with van der Waals surface area (Å²) in [7, 11) is 0. The molecule has 0 aliphatic heterocycles. The minimum atomic E-state index is 0.306. The van der Waals surface area contributed by atoms with E-state index in [1.54, 1.807) is 12.4 Å². The maximum absolute atomic E-state index is 5.37. The average molecular weight is 306 g/mol. The number of nitrogens with one attached hydrogen (secondary N) is 1. The Morgan fingerprint density at radius 1 is 1.10 bits per heavy atom. The van der Waals surface area contributed by atoms with Crippen LogP contribution in [-0.4, -0.2) is 38.1 Å². The maximum atomic E-state index is 5.37. The van der Waals surface area contributed by atoms with E-state index in [1.807, 2.05) is 13.8 Å². The molecule has 0 amide bonds. The van der Waals surface area contributed by atoms with Gasteiger partial charge < -0.3 is 10.1 Å². The summed E-state index contributed by atoms with van der Waals surface area (Å²) >= 11 is 1.28. The van der Waals surface area contributed by atoms with Gasteiger partial charge >= 0.3 is 6.01 Å². The molecular formula is C13H18N6OS. The molecule has 2 heterocycles. The standard InChI is InChI=1S/C13H18N6OS/c1-4-6-14-10-17-11(20-5-2)19-13(18-10)21-12-15-7-9(3)8-16-12/h7-8H,4-6H2,1-3H3,(H,14,17,18,19). The lowest BCUT2D eigenvalue weighted by molar-refractivity contribution is 0.308. The largest absolute Gasteiger partial charge is 0.464 e. The minimum Gasteiger partial charge on any atom is -0.464 e. The predicted octanol–water partition coefficient (Wildman–Crippen LogP) is 2.34. The van der Waals surface area contributed by atoms with Crippen molar-refractivity contribution in [1.82, 2.24) is 24.9 Å². The number of ether oxygens (including phenoxy) is 1. The number of aryl methyl sites for hydroxylation is 1. The molecule has 8 heteroatoms. The van der Waals surface area contributed by atoms with Gasteiger partial charge in [0.1, 0.15) is 0 Å². The van der Waals surface area contributed by atoms with Crippen LogP contribution in [0.15, 0.2) is 22.7 Å². The third kappa shape index (κ3) is 4.82. The summed E-state index contributed by atoms with van der Waals surface area (Å²) in [5, 5.41) is 4.24. The number of hydrogen-bond acceptors (Lipinski definition) is 8. The van der Waals surface area contributed by atoms with Gasteiger partial charge in [0.2, 0.25) is 11.1 Å². The molecule has 0 unspecified atom stereocenters. The van der Waals surface area contributed by atoms with Crippen LogP contribution in [0.25, 0.3) is 0 Å². The van der Waals surface area contributed by atoms with E-state index in [0.717, 1.165) is 18.5 Å². The van der Waals surface area contributed by atoms with Crippen LogP contribution in [0.1, 0.15) is 25.8 Å². The monoisotopic (exact) mass is 306 g/mol. The van der Waals surface area contributed by atoms with Gasteiger partial charge in [-0.2, -0.15) is 15.0 Å². The molecule has 0 spiro atoms. The summed E-state index contributed by atoms with van der Waals surface area (Å²) in [6.07, 6.45) is 4.51.